The average Bonchev–Trinajstić information content (AvgIpc) is 2.56. The summed E-state index contributed by atoms with van der Waals surface area (Å²) in [5, 5.41) is 18.1. The zero-order valence-corrected chi connectivity index (χ0v) is 14.5. The highest BCUT2D eigenvalue weighted by atomic mass is 16.6. The molecule has 1 aliphatic heterocycles. The van der Waals surface area contributed by atoms with Gasteiger partial charge in [-0.3, -0.25) is 4.79 Å². The van der Waals surface area contributed by atoms with Crippen LogP contribution in [0.15, 0.2) is 33.6 Å². The maximum atomic E-state index is 11.2. The molecule has 0 saturated carbocycles. The maximum absolute atomic E-state index is 11.2. The van der Waals surface area contributed by atoms with Crippen molar-refractivity contribution in [3.05, 3.63) is 23.3 Å². The SMILES string of the molecule is CNC(=O)C(=N/OC)/C(C)=C\CO.CO/N=C1/C(=O)OCC=C1C. The Morgan fingerprint density at radius 3 is 2.58 bits per heavy atom. The Balaban J connectivity index is 0.000000446. The number of aliphatic hydroxyl groups excluding tert-OH is 1. The lowest BCUT2D eigenvalue weighted by Gasteiger charge is -2.10. The molecule has 0 fully saturated rings. The minimum atomic E-state index is -0.424. The molecule has 1 aliphatic rings. The number of ether oxygens (including phenoxy) is 1. The first kappa shape index (κ1) is 21.3. The molecule has 1 heterocycles. The summed E-state index contributed by atoms with van der Waals surface area (Å²) >= 11 is 0. The van der Waals surface area contributed by atoms with Gasteiger partial charge in [-0.1, -0.05) is 16.4 Å². The van der Waals surface area contributed by atoms with Gasteiger partial charge in [0.15, 0.2) is 11.4 Å². The largest absolute Gasteiger partial charge is 0.457 e. The second-order valence-electron chi connectivity index (χ2n) is 4.38. The number of hydrogen-bond donors (Lipinski definition) is 2. The molecule has 9 heteroatoms. The van der Waals surface area contributed by atoms with Crippen LogP contribution in [0.2, 0.25) is 0 Å². The van der Waals surface area contributed by atoms with Crippen molar-refractivity contribution >= 4 is 23.3 Å². The first-order valence-electron chi connectivity index (χ1n) is 6.99. The number of amides is 1. The van der Waals surface area contributed by atoms with Crippen LogP contribution in [0.3, 0.4) is 0 Å². The van der Waals surface area contributed by atoms with Gasteiger partial charge in [0.2, 0.25) is 0 Å². The van der Waals surface area contributed by atoms with Crippen LogP contribution in [-0.4, -0.2) is 62.9 Å². The highest BCUT2D eigenvalue weighted by Crippen LogP contribution is 2.05. The molecule has 0 aromatic rings. The van der Waals surface area contributed by atoms with Crippen molar-refractivity contribution in [2.45, 2.75) is 13.8 Å². The van der Waals surface area contributed by atoms with Crippen LogP contribution in [0.5, 0.6) is 0 Å². The monoisotopic (exact) mass is 341 g/mol. The summed E-state index contributed by atoms with van der Waals surface area (Å²) < 4.78 is 4.69. The van der Waals surface area contributed by atoms with Gasteiger partial charge in [0.05, 0.1) is 6.61 Å². The number of carbonyl (C=O) groups excluding carboxylic acids is 2. The molecule has 0 spiro atoms. The molecule has 0 radical (unpaired) electrons. The third-order valence-corrected chi connectivity index (χ3v) is 2.75. The minimum absolute atomic E-state index is 0.133. The van der Waals surface area contributed by atoms with Crippen LogP contribution in [0, 0.1) is 0 Å². The van der Waals surface area contributed by atoms with Crippen LogP contribution in [0.1, 0.15) is 13.8 Å². The number of carbonyl (C=O) groups is 2. The molecule has 0 aromatic carbocycles. The van der Waals surface area contributed by atoms with E-state index in [2.05, 4.69) is 30.0 Å². The smallest absolute Gasteiger partial charge is 0.360 e. The van der Waals surface area contributed by atoms with Crippen LogP contribution in [-0.2, 0) is 24.0 Å². The molecule has 0 saturated heterocycles. The Bertz CT molecular complexity index is 564. The molecule has 0 bridgehead atoms. The number of hydrogen-bond acceptors (Lipinski definition) is 8. The van der Waals surface area contributed by atoms with Crippen molar-refractivity contribution in [3.63, 3.8) is 0 Å². The summed E-state index contributed by atoms with van der Waals surface area (Å²) in [7, 11) is 4.25. The molecular formula is C15H23N3O6. The number of aliphatic hydroxyl groups is 1. The molecule has 0 aromatic heterocycles. The minimum Gasteiger partial charge on any atom is -0.457 e. The molecule has 9 nitrogen and oxygen atoms in total. The summed E-state index contributed by atoms with van der Waals surface area (Å²) in [5.74, 6) is -0.768. The number of rotatable bonds is 5. The summed E-state index contributed by atoms with van der Waals surface area (Å²) in [6, 6.07) is 0. The van der Waals surface area contributed by atoms with E-state index < -0.39 is 5.97 Å². The lowest BCUT2D eigenvalue weighted by molar-refractivity contribution is -0.134. The van der Waals surface area contributed by atoms with E-state index in [1.807, 2.05) is 0 Å². The van der Waals surface area contributed by atoms with Crippen LogP contribution in [0.25, 0.3) is 0 Å². The van der Waals surface area contributed by atoms with E-state index in [9.17, 15) is 9.59 Å². The molecule has 0 atom stereocenters. The normalized spacial score (nSPS) is 16.5. The van der Waals surface area contributed by atoms with Crippen molar-refractivity contribution in [2.75, 3.05) is 34.5 Å². The molecule has 1 amide bonds. The van der Waals surface area contributed by atoms with Gasteiger partial charge in [-0.05, 0) is 31.1 Å². The number of oxime groups is 2. The van der Waals surface area contributed by atoms with Gasteiger partial charge in [-0.2, -0.15) is 0 Å². The Hall–Kier alpha value is -2.68. The van der Waals surface area contributed by atoms with Gasteiger partial charge in [-0.15, -0.1) is 0 Å². The molecule has 1 rings (SSSR count). The van der Waals surface area contributed by atoms with Crippen molar-refractivity contribution in [1.29, 1.82) is 0 Å². The van der Waals surface area contributed by atoms with Crippen LogP contribution < -0.4 is 5.32 Å². The summed E-state index contributed by atoms with van der Waals surface area (Å²) in [6.07, 6.45) is 3.26. The highest BCUT2D eigenvalue weighted by Gasteiger charge is 2.19. The molecule has 2 N–H and O–H groups in total. The zero-order chi connectivity index (χ0) is 18.5. The van der Waals surface area contributed by atoms with E-state index in [-0.39, 0.29) is 23.9 Å². The number of nitrogens with zero attached hydrogens (tertiary/aromatic N) is 2. The van der Waals surface area contributed by atoms with E-state index >= 15 is 0 Å². The average molecular weight is 341 g/mol. The summed E-state index contributed by atoms with van der Waals surface area (Å²) in [4.78, 5) is 31.1. The molecule has 0 unspecified atom stereocenters. The van der Waals surface area contributed by atoms with Gasteiger partial charge >= 0.3 is 5.97 Å². The lowest BCUT2D eigenvalue weighted by Crippen LogP contribution is -2.28. The second-order valence-corrected chi connectivity index (χ2v) is 4.38. The standard InChI is InChI=1S/C8H14N2O3.C7H9NO3/c1-6(4-5-11)7(10-13-3)8(12)9-2;1-5-3-4-11-7(9)6(5)8-10-2/h4,11H,5H2,1-3H3,(H,9,12);3H,4H2,1-2H3/b6-4-,10-7+;8-6+. The molecule has 134 valence electrons. The fourth-order valence-electron chi connectivity index (χ4n) is 1.50. The Morgan fingerprint density at radius 2 is 2.12 bits per heavy atom. The van der Waals surface area contributed by atoms with E-state index in [4.69, 9.17) is 5.11 Å². The third-order valence-electron chi connectivity index (χ3n) is 2.75. The fraction of sp³-hybridized carbons (Fsp3) is 0.467. The van der Waals surface area contributed by atoms with Gasteiger partial charge < -0.3 is 24.8 Å². The van der Waals surface area contributed by atoms with Gasteiger partial charge in [0, 0.05) is 7.05 Å². The second kappa shape index (κ2) is 11.8. The predicted octanol–water partition coefficient (Wildman–Crippen LogP) is 0.165. The summed E-state index contributed by atoms with van der Waals surface area (Å²) in [6.45, 7) is 3.65. The Labute approximate surface area is 140 Å². The van der Waals surface area contributed by atoms with Gasteiger partial charge in [-0.25, -0.2) is 4.79 Å². The van der Waals surface area contributed by atoms with E-state index in [1.54, 1.807) is 19.9 Å². The van der Waals surface area contributed by atoms with Gasteiger partial charge in [0.25, 0.3) is 5.91 Å². The Kier molecular flexibility index (Phi) is 10.5. The third kappa shape index (κ3) is 7.05. The van der Waals surface area contributed by atoms with Gasteiger partial charge in [0.1, 0.15) is 20.8 Å². The number of nitrogens with one attached hydrogen (secondary N) is 1. The zero-order valence-electron chi connectivity index (χ0n) is 14.5. The van der Waals surface area contributed by atoms with E-state index in [0.29, 0.717) is 12.2 Å². The fourth-order valence-corrected chi connectivity index (χ4v) is 1.50. The first-order chi connectivity index (χ1) is 11.4. The van der Waals surface area contributed by atoms with Crippen molar-refractivity contribution in [1.82, 2.24) is 5.32 Å². The number of cyclic esters (lactones) is 1. The van der Waals surface area contributed by atoms with Crippen molar-refractivity contribution in [3.8, 4) is 0 Å². The van der Waals surface area contributed by atoms with Crippen LogP contribution >= 0.6 is 0 Å². The molecule has 24 heavy (non-hydrogen) atoms. The first-order valence-corrected chi connectivity index (χ1v) is 6.99. The lowest BCUT2D eigenvalue weighted by atomic mass is 10.1. The number of esters is 1. The van der Waals surface area contributed by atoms with E-state index in [1.165, 1.54) is 27.3 Å². The molecule has 0 aliphatic carbocycles. The van der Waals surface area contributed by atoms with Crippen molar-refractivity contribution < 1.29 is 29.1 Å². The highest BCUT2D eigenvalue weighted by molar-refractivity contribution is 6.45. The maximum Gasteiger partial charge on any atom is 0.360 e. The van der Waals surface area contributed by atoms with Crippen molar-refractivity contribution in [2.24, 2.45) is 10.3 Å². The predicted molar refractivity (Wildman–Crippen MR) is 88.5 cm³/mol. The van der Waals surface area contributed by atoms with E-state index in [0.717, 1.165) is 5.57 Å². The summed E-state index contributed by atoms with van der Waals surface area (Å²) in [5.41, 5.74) is 1.78. The quantitative estimate of drug-likeness (QED) is 0.418. The topological polar surface area (TPSA) is 119 Å². The molecular weight excluding hydrogens is 318 g/mol. The Morgan fingerprint density at radius 1 is 1.46 bits per heavy atom. The van der Waals surface area contributed by atoms with Crippen LogP contribution in [0.4, 0.5) is 0 Å².